The molecule has 4 nitrogen and oxygen atoms in total. The Bertz CT molecular complexity index is 1580. The number of hydrogen-bond donors (Lipinski definition) is 1. The molecule has 3 aromatic carbocycles. The van der Waals surface area contributed by atoms with E-state index in [0.717, 1.165) is 35.3 Å². The highest BCUT2D eigenvalue weighted by molar-refractivity contribution is 9.11. The molecule has 0 atom stereocenters. The number of anilines is 1. The van der Waals surface area contributed by atoms with Crippen molar-refractivity contribution < 1.29 is 9.21 Å². The van der Waals surface area contributed by atoms with Gasteiger partial charge in [0.1, 0.15) is 16.5 Å². The number of fused-ring (bicyclic) bond motifs is 1. The number of carbonyl (C=O) groups is 1. The maximum Gasteiger partial charge on any atom is 0.248 e. The Morgan fingerprint density at radius 2 is 1.83 bits per heavy atom. The van der Waals surface area contributed by atoms with Crippen molar-refractivity contribution >= 4 is 94.3 Å². The Morgan fingerprint density at radius 3 is 2.63 bits per heavy atom. The Balaban J connectivity index is 1.39. The van der Waals surface area contributed by atoms with E-state index < -0.39 is 0 Å². The van der Waals surface area contributed by atoms with E-state index in [1.807, 2.05) is 36.4 Å². The Hall–Kier alpha value is -2.42. The Morgan fingerprint density at radius 1 is 1.00 bits per heavy atom. The first-order valence-electron chi connectivity index (χ1n) is 10.3. The number of nitrogens with zero attached hydrogens (tertiary/aromatic N) is 1. The topological polar surface area (TPSA) is 55.1 Å². The third-order valence-electron chi connectivity index (χ3n) is 5.05. The molecule has 1 amide bonds. The second kappa shape index (κ2) is 10.3. The molecule has 5 aromatic rings. The van der Waals surface area contributed by atoms with E-state index in [2.05, 4.69) is 37.2 Å². The summed E-state index contributed by atoms with van der Waals surface area (Å²) in [4.78, 5) is 17.6. The third-order valence-corrected chi connectivity index (χ3v) is 7.75. The van der Waals surface area contributed by atoms with Crippen molar-refractivity contribution in [2.45, 2.75) is 0 Å². The van der Waals surface area contributed by atoms with Crippen LogP contribution in [0, 0.1) is 0 Å². The fourth-order valence-electron chi connectivity index (χ4n) is 3.46. The number of aromatic nitrogens is 1. The summed E-state index contributed by atoms with van der Waals surface area (Å²) in [6.07, 6.45) is 3.02. The quantitative estimate of drug-likeness (QED) is 0.193. The molecule has 35 heavy (non-hydrogen) atoms. The number of rotatable bonds is 5. The van der Waals surface area contributed by atoms with Crippen LogP contribution in [0.4, 0.5) is 5.69 Å². The van der Waals surface area contributed by atoms with Crippen LogP contribution in [0.5, 0.6) is 0 Å². The van der Waals surface area contributed by atoms with E-state index >= 15 is 0 Å². The summed E-state index contributed by atoms with van der Waals surface area (Å²) < 4.78 is 8.52. The van der Waals surface area contributed by atoms with Crippen LogP contribution in [0.15, 0.2) is 86.2 Å². The first kappa shape index (κ1) is 24.3. The lowest BCUT2D eigenvalue weighted by molar-refractivity contribution is -0.111. The van der Waals surface area contributed by atoms with Crippen LogP contribution in [-0.2, 0) is 4.79 Å². The van der Waals surface area contributed by atoms with Crippen LogP contribution in [-0.4, -0.2) is 10.9 Å². The molecule has 1 N–H and O–H groups in total. The van der Waals surface area contributed by atoms with Gasteiger partial charge in [0.05, 0.1) is 20.9 Å². The zero-order chi connectivity index (χ0) is 24.5. The zero-order valence-electron chi connectivity index (χ0n) is 17.7. The fraction of sp³-hybridized carbons (Fsp3) is 0. The molecule has 174 valence electrons. The van der Waals surface area contributed by atoms with E-state index in [4.69, 9.17) is 32.6 Å². The first-order valence-corrected chi connectivity index (χ1v) is 13.4. The number of nitrogens with one attached hydrogen (secondary N) is 1. The maximum atomic E-state index is 12.8. The summed E-state index contributed by atoms with van der Waals surface area (Å²) in [5, 5.41) is 4.81. The summed E-state index contributed by atoms with van der Waals surface area (Å²) in [5.74, 6) is 0.792. The van der Waals surface area contributed by atoms with Crippen molar-refractivity contribution in [3.8, 4) is 21.9 Å². The summed E-state index contributed by atoms with van der Waals surface area (Å²) in [7, 11) is 0. The maximum absolute atomic E-state index is 12.8. The molecular formula is C26H14Br2Cl2N2O2S. The Labute approximate surface area is 231 Å². The Kier molecular flexibility index (Phi) is 7.14. The number of thiazole rings is 1. The minimum Gasteiger partial charge on any atom is -0.457 e. The largest absolute Gasteiger partial charge is 0.457 e. The molecule has 0 bridgehead atoms. The van der Waals surface area contributed by atoms with E-state index in [-0.39, 0.29) is 5.91 Å². The fourth-order valence-corrected chi connectivity index (χ4v) is 6.27. The molecule has 0 fully saturated rings. The van der Waals surface area contributed by atoms with Crippen LogP contribution in [0.1, 0.15) is 5.76 Å². The van der Waals surface area contributed by atoms with Gasteiger partial charge in [-0.05, 0) is 76.6 Å². The molecule has 9 heteroatoms. The van der Waals surface area contributed by atoms with Gasteiger partial charge in [0, 0.05) is 31.2 Å². The van der Waals surface area contributed by atoms with Crippen molar-refractivity contribution in [3.63, 3.8) is 0 Å². The van der Waals surface area contributed by atoms with Crippen molar-refractivity contribution in [1.29, 1.82) is 0 Å². The predicted molar refractivity (Wildman–Crippen MR) is 152 cm³/mol. The summed E-state index contributed by atoms with van der Waals surface area (Å²) in [5.41, 5.74) is 3.08. The predicted octanol–water partition coefficient (Wildman–Crippen LogP) is 9.71. The van der Waals surface area contributed by atoms with E-state index in [1.165, 1.54) is 6.08 Å². The minimum atomic E-state index is -0.308. The minimum absolute atomic E-state index is 0.308. The van der Waals surface area contributed by atoms with Gasteiger partial charge in [0.2, 0.25) is 5.91 Å². The van der Waals surface area contributed by atoms with Crippen LogP contribution in [0.25, 0.3) is 38.2 Å². The van der Waals surface area contributed by atoms with Crippen molar-refractivity contribution in [2.24, 2.45) is 0 Å². The monoisotopic (exact) mass is 646 g/mol. The smallest absolute Gasteiger partial charge is 0.248 e. The van der Waals surface area contributed by atoms with Crippen LogP contribution >= 0.6 is 66.4 Å². The molecule has 0 spiro atoms. The number of furan rings is 1. The average Bonchev–Trinajstić information content (AvgIpc) is 3.46. The summed E-state index contributed by atoms with van der Waals surface area (Å²) >= 11 is 20.9. The van der Waals surface area contributed by atoms with Crippen LogP contribution < -0.4 is 5.32 Å². The van der Waals surface area contributed by atoms with E-state index in [9.17, 15) is 4.79 Å². The number of hydrogen-bond acceptors (Lipinski definition) is 4. The number of amides is 1. The standard InChI is InChI=1S/C26H14Br2Cl2N2O2S/c27-14-11-18(26-31-21-3-1-2-4-23(21)35-26)25(19(28)12-14)32-24(33)10-7-16-6-9-22(34-16)17-8-5-15(29)13-20(17)30/h1-13H,(H,32,33)/b10-7+. The molecule has 2 heterocycles. The number of para-hydroxylation sites is 1. The van der Waals surface area contributed by atoms with Crippen LogP contribution in [0.2, 0.25) is 10.0 Å². The van der Waals surface area contributed by atoms with Gasteiger partial charge < -0.3 is 9.73 Å². The highest BCUT2D eigenvalue weighted by atomic mass is 79.9. The van der Waals surface area contributed by atoms with E-state index in [0.29, 0.717) is 27.3 Å². The molecule has 0 aliphatic heterocycles. The highest BCUT2D eigenvalue weighted by Gasteiger charge is 2.16. The summed E-state index contributed by atoms with van der Waals surface area (Å²) in [6.45, 7) is 0. The molecule has 0 radical (unpaired) electrons. The molecule has 0 saturated heterocycles. The number of carbonyl (C=O) groups excluding carboxylic acids is 1. The molecule has 0 aliphatic carbocycles. The highest BCUT2D eigenvalue weighted by Crippen LogP contribution is 2.40. The molecular weight excluding hydrogens is 635 g/mol. The first-order chi connectivity index (χ1) is 16.9. The van der Waals surface area contributed by atoms with Crippen molar-refractivity contribution in [3.05, 3.63) is 97.6 Å². The van der Waals surface area contributed by atoms with Crippen molar-refractivity contribution in [2.75, 3.05) is 5.32 Å². The SMILES string of the molecule is O=C(/C=C/c1ccc(-c2ccc(Cl)cc2Cl)o1)Nc1c(Br)cc(Br)cc1-c1nc2ccccc2s1. The van der Waals surface area contributed by atoms with E-state index in [1.54, 1.807) is 47.7 Å². The van der Waals surface area contributed by atoms with Gasteiger partial charge in [-0.2, -0.15) is 0 Å². The number of benzene rings is 3. The third kappa shape index (κ3) is 5.39. The lowest BCUT2D eigenvalue weighted by Crippen LogP contribution is -2.09. The molecule has 5 rings (SSSR count). The second-order valence-corrected chi connectivity index (χ2v) is 11.1. The van der Waals surface area contributed by atoms with Crippen molar-refractivity contribution in [1.82, 2.24) is 4.98 Å². The van der Waals surface area contributed by atoms with Gasteiger partial charge >= 0.3 is 0 Å². The van der Waals surface area contributed by atoms with Gasteiger partial charge in [-0.25, -0.2) is 4.98 Å². The average molecular weight is 649 g/mol. The molecule has 0 saturated carbocycles. The zero-order valence-corrected chi connectivity index (χ0v) is 23.2. The molecule has 0 unspecified atom stereocenters. The lowest BCUT2D eigenvalue weighted by atomic mass is 10.2. The lowest BCUT2D eigenvalue weighted by Gasteiger charge is -2.11. The molecule has 0 aliphatic rings. The van der Waals surface area contributed by atoms with Crippen LogP contribution in [0.3, 0.4) is 0 Å². The summed E-state index contributed by atoms with van der Waals surface area (Å²) in [6, 6.07) is 20.5. The van der Waals surface area contributed by atoms with Gasteiger partial charge in [-0.1, -0.05) is 51.3 Å². The normalized spacial score (nSPS) is 11.4. The number of halogens is 4. The van der Waals surface area contributed by atoms with Gasteiger partial charge in [0.25, 0.3) is 0 Å². The van der Waals surface area contributed by atoms with Gasteiger partial charge in [-0.3, -0.25) is 4.79 Å². The van der Waals surface area contributed by atoms with Gasteiger partial charge in [-0.15, -0.1) is 11.3 Å². The second-order valence-electron chi connectivity index (χ2n) is 7.45. The van der Waals surface area contributed by atoms with Gasteiger partial charge in [0.15, 0.2) is 0 Å². The molecule has 2 aromatic heterocycles.